The van der Waals surface area contributed by atoms with Gasteiger partial charge in [0, 0.05) is 29.8 Å². The normalized spacial score (nSPS) is 15.0. The number of hydrogen-bond acceptors (Lipinski definition) is 5. The largest absolute Gasteiger partial charge is 0.378 e. The van der Waals surface area contributed by atoms with Crippen LogP contribution in [0.25, 0.3) is 10.4 Å². The Morgan fingerprint density at radius 3 is 2.78 bits per heavy atom. The van der Waals surface area contributed by atoms with Gasteiger partial charge >= 0.3 is 0 Å². The third-order valence-corrected chi connectivity index (χ3v) is 2.68. The summed E-state index contributed by atoms with van der Waals surface area (Å²) in [6, 6.07) is 4.54. The van der Waals surface area contributed by atoms with Crippen LogP contribution in [0, 0.1) is 10.1 Å². The molecule has 0 bridgehead atoms. The van der Waals surface area contributed by atoms with E-state index in [0.717, 1.165) is 5.69 Å². The molecule has 1 heterocycles. The van der Waals surface area contributed by atoms with E-state index in [9.17, 15) is 10.1 Å². The Morgan fingerprint density at radius 1 is 1.44 bits per heavy atom. The molecule has 18 heavy (non-hydrogen) atoms. The van der Waals surface area contributed by atoms with E-state index in [0.29, 0.717) is 26.3 Å². The Morgan fingerprint density at radius 2 is 2.17 bits per heavy atom. The summed E-state index contributed by atoms with van der Waals surface area (Å²) in [6.45, 7) is 2.67. The summed E-state index contributed by atoms with van der Waals surface area (Å²) in [7, 11) is 0. The lowest BCUT2D eigenvalue weighted by molar-refractivity contribution is -0.384. The lowest BCUT2D eigenvalue weighted by Gasteiger charge is -2.28. The third-order valence-electron chi connectivity index (χ3n) is 2.68. The van der Waals surface area contributed by atoms with Crippen LogP contribution >= 0.6 is 0 Å². The van der Waals surface area contributed by atoms with Crippen molar-refractivity contribution in [2.45, 2.75) is 0 Å². The predicted octanol–water partition coefficient (Wildman–Crippen LogP) is 2.37. The fourth-order valence-electron chi connectivity index (χ4n) is 1.81. The van der Waals surface area contributed by atoms with Crippen molar-refractivity contribution in [2.24, 2.45) is 5.11 Å². The van der Waals surface area contributed by atoms with Gasteiger partial charge in [0.15, 0.2) is 0 Å². The minimum absolute atomic E-state index is 0.0338. The number of nitro groups is 1. The van der Waals surface area contributed by atoms with Crippen molar-refractivity contribution in [3.63, 3.8) is 0 Å². The number of ether oxygens (including phenoxy) is 1. The number of hydrogen-bond donors (Lipinski definition) is 0. The van der Waals surface area contributed by atoms with Crippen LogP contribution < -0.4 is 4.90 Å². The Labute approximate surface area is 103 Å². The first kappa shape index (κ1) is 12.2. The van der Waals surface area contributed by atoms with Crippen LogP contribution in [-0.4, -0.2) is 31.2 Å². The van der Waals surface area contributed by atoms with E-state index in [1.165, 1.54) is 12.1 Å². The molecule has 1 aliphatic rings. The van der Waals surface area contributed by atoms with Crippen molar-refractivity contribution in [2.75, 3.05) is 31.2 Å². The minimum atomic E-state index is -0.562. The molecule has 1 aliphatic heterocycles. The van der Waals surface area contributed by atoms with Crippen molar-refractivity contribution >= 4 is 17.1 Å². The summed E-state index contributed by atoms with van der Waals surface area (Å²) in [5.74, 6) is 0. The number of benzene rings is 1. The Bertz CT molecular complexity index is 506. The Hall–Kier alpha value is -2.31. The average molecular weight is 249 g/mol. The van der Waals surface area contributed by atoms with Crippen molar-refractivity contribution in [1.29, 1.82) is 0 Å². The molecule has 1 aromatic rings. The maximum absolute atomic E-state index is 10.8. The summed E-state index contributed by atoms with van der Waals surface area (Å²) in [6.07, 6.45) is 0. The van der Waals surface area contributed by atoms with Crippen LogP contribution in [0.3, 0.4) is 0 Å². The molecule has 0 N–H and O–H groups in total. The van der Waals surface area contributed by atoms with Crippen molar-refractivity contribution in [3.05, 3.63) is 38.8 Å². The number of anilines is 1. The second-order valence-corrected chi connectivity index (χ2v) is 3.72. The summed E-state index contributed by atoms with van der Waals surface area (Å²) in [4.78, 5) is 14.9. The molecular weight excluding hydrogens is 238 g/mol. The molecule has 0 unspecified atom stereocenters. The first-order valence-corrected chi connectivity index (χ1v) is 5.38. The topological polar surface area (TPSA) is 104 Å². The van der Waals surface area contributed by atoms with E-state index in [1.54, 1.807) is 6.07 Å². The predicted molar refractivity (Wildman–Crippen MR) is 64.9 cm³/mol. The molecule has 1 fully saturated rings. The fraction of sp³-hybridized carbons (Fsp3) is 0.400. The molecule has 1 aromatic carbocycles. The molecule has 0 amide bonds. The van der Waals surface area contributed by atoms with Crippen LogP contribution in [0.2, 0.25) is 0 Å². The van der Waals surface area contributed by atoms with Gasteiger partial charge in [0.25, 0.3) is 5.69 Å². The molecule has 0 aliphatic carbocycles. The highest BCUT2D eigenvalue weighted by molar-refractivity contribution is 5.66. The molecule has 0 radical (unpaired) electrons. The van der Waals surface area contributed by atoms with E-state index < -0.39 is 4.92 Å². The molecule has 0 atom stereocenters. The second kappa shape index (κ2) is 5.35. The maximum Gasteiger partial charge on any atom is 0.279 e. The van der Waals surface area contributed by atoms with E-state index in [2.05, 4.69) is 10.0 Å². The van der Waals surface area contributed by atoms with Crippen molar-refractivity contribution in [1.82, 2.24) is 0 Å². The lowest BCUT2D eigenvalue weighted by atomic mass is 10.2. The SMILES string of the molecule is [N-]=[N+]=Nc1cc(N2CCOCC2)ccc1[N+](=O)[O-]. The average Bonchev–Trinajstić information content (AvgIpc) is 2.40. The van der Waals surface area contributed by atoms with Gasteiger partial charge in [0.2, 0.25) is 0 Å². The molecule has 0 saturated carbocycles. The molecule has 8 nitrogen and oxygen atoms in total. The highest BCUT2D eigenvalue weighted by Crippen LogP contribution is 2.32. The van der Waals surface area contributed by atoms with Gasteiger partial charge < -0.3 is 9.64 Å². The minimum Gasteiger partial charge on any atom is -0.378 e. The molecule has 94 valence electrons. The fourth-order valence-corrected chi connectivity index (χ4v) is 1.81. The van der Waals surface area contributed by atoms with Gasteiger partial charge in [-0.05, 0) is 17.7 Å². The van der Waals surface area contributed by atoms with Gasteiger partial charge in [0.05, 0.1) is 18.1 Å². The van der Waals surface area contributed by atoms with Gasteiger partial charge in [-0.15, -0.1) is 0 Å². The first-order chi connectivity index (χ1) is 8.72. The molecule has 0 spiro atoms. The van der Waals surface area contributed by atoms with Gasteiger partial charge in [-0.25, -0.2) is 0 Å². The molecule has 0 aromatic heterocycles. The third kappa shape index (κ3) is 2.50. The van der Waals surface area contributed by atoms with Crippen LogP contribution in [-0.2, 0) is 4.74 Å². The standard InChI is InChI=1S/C10H11N5O3/c11-13-12-9-7-8(1-2-10(9)15(16)17)14-3-5-18-6-4-14/h1-2,7H,3-6H2. The zero-order chi connectivity index (χ0) is 13.0. The van der Waals surface area contributed by atoms with Crippen molar-refractivity contribution < 1.29 is 9.66 Å². The number of rotatable bonds is 3. The zero-order valence-corrected chi connectivity index (χ0v) is 9.52. The maximum atomic E-state index is 10.8. The van der Waals surface area contributed by atoms with Gasteiger partial charge in [-0.3, -0.25) is 10.1 Å². The van der Waals surface area contributed by atoms with Crippen LogP contribution in [0.1, 0.15) is 0 Å². The van der Waals surface area contributed by atoms with Crippen LogP contribution in [0.5, 0.6) is 0 Å². The van der Waals surface area contributed by atoms with Gasteiger partial charge in [-0.2, -0.15) is 0 Å². The molecule has 1 saturated heterocycles. The monoisotopic (exact) mass is 249 g/mol. The molecule has 2 rings (SSSR count). The molecule has 8 heteroatoms. The molecular formula is C10H11N5O3. The van der Waals surface area contributed by atoms with Gasteiger partial charge in [-0.1, -0.05) is 5.11 Å². The summed E-state index contributed by atoms with van der Waals surface area (Å²) < 4.78 is 5.23. The highest BCUT2D eigenvalue weighted by atomic mass is 16.6. The quantitative estimate of drug-likeness (QED) is 0.269. The zero-order valence-electron chi connectivity index (χ0n) is 9.52. The van der Waals surface area contributed by atoms with E-state index >= 15 is 0 Å². The van der Waals surface area contributed by atoms with E-state index in [-0.39, 0.29) is 11.4 Å². The van der Waals surface area contributed by atoms with E-state index in [1.807, 2.05) is 4.90 Å². The highest BCUT2D eigenvalue weighted by Gasteiger charge is 2.17. The second-order valence-electron chi connectivity index (χ2n) is 3.72. The lowest BCUT2D eigenvalue weighted by Crippen LogP contribution is -2.36. The van der Waals surface area contributed by atoms with Crippen LogP contribution in [0.15, 0.2) is 23.3 Å². The summed E-state index contributed by atoms with van der Waals surface area (Å²) in [5, 5.41) is 14.1. The van der Waals surface area contributed by atoms with Gasteiger partial charge in [0.1, 0.15) is 5.69 Å². The number of nitro benzene ring substituents is 1. The van der Waals surface area contributed by atoms with E-state index in [4.69, 9.17) is 10.3 Å². The van der Waals surface area contributed by atoms with Crippen molar-refractivity contribution in [3.8, 4) is 0 Å². The number of azide groups is 1. The number of nitrogens with zero attached hydrogens (tertiary/aromatic N) is 5. The first-order valence-electron chi connectivity index (χ1n) is 5.38. The Balaban J connectivity index is 2.35. The Kier molecular flexibility index (Phi) is 3.61. The number of morpholine rings is 1. The smallest absolute Gasteiger partial charge is 0.279 e. The van der Waals surface area contributed by atoms with Crippen LogP contribution in [0.4, 0.5) is 17.1 Å². The summed E-state index contributed by atoms with van der Waals surface area (Å²) in [5.41, 5.74) is 9.07. The summed E-state index contributed by atoms with van der Waals surface area (Å²) >= 11 is 0.